The Morgan fingerprint density at radius 2 is 1.60 bits per heavy atom. The van der Waals surface area contributed by atoms with Crippen LogP contribution in [0.4, 0.5) is 5.69 Å². The predicted octanol–water partition coefficient (Wildman–Crippen LogP) is 4.99. The van der Waals surface area contributed by atoms with Gasteiger partial charge >= 0.3 is 0 Å². The van der Waals surface area contributed by atoms with Gasteiger partial charge in [0, 0.05) is 22.7 Å². The number of para-hydroxylation sites is 2. The van der Waals surface area contributed by atoms with Crippen molar-refractivity contribution in [2.45, 2.75) is 13.5 Å². The van der Waals surface area contributed by atoms with Crippen LogP contribution in [0.5, 0.6) is 5.75 Å². The van der Waals surface area contributed by atoms with Crippen molar-refractivity contribution in [2.75, 3.05) is 7.11 Å². The summed E-state index contributed by atoms with van der Waals surface area (Å²) in [4.78, 5) is 10.5. The molecule has 30 heavy (non-hydrogen) atoms. The molecular weight excluding hydrogens is 392 g/mol. The van der Waals surface area contributed by atoms with Crippen molar-refractivity contribution in [1.29, 1.82) is 0 Å². The summed E-state index contributed by atoms with van der Waals surface area (Å²) < 4.78 is 12.1. The smallest absolute Gasteiger partial charge is 0.211 e. The van der Waals surface area contributed by atoms with E-state index >= 15 is 0 Å². The van der Waals surface area contributed by atoms with Crippen molar-refractivity contribution in [3.63, 3.8) is 0 Å². The standard InChI is InChI=1S/C24H22N4OS/c1-18-27-30-24(28(18)17-20-13-9-10-16-22(20)29-2)26-23(19-11-5-3-6-12-19)25-21-14-7-4-8-15-21/h3-16H,17H2,1-2H3. The van der Waals surface area contributed by atoms with Gasteiger partial charge in [-0.15, -0.1) is 0 Å². The fourth-order valence-corrected chi connectivity index (χ4v) is 3.80. The topological polar surface area (TPSA) is 51.8 Å². The van der Waals surface area contributed by atoms with E-state index in [1.165, 1.54) is 11.5 Å². The van der Waals surface area contributed by atoms with Crippen molar-refractivity contribution < 1.29 is 4.74 Å². The molecule has 0 spiro atoms. The zero-order valence-electron chi connectivity index (χ0n) is 16.9. The van der Waals surface area contributed by atoms with E-state index in [1.54, 1.807) is 7.11 Å². The highest BCUT2D eigenvalue weighted by molar-refractivity contribution is 7.02. The van der Waals surface area contributed by atoms with E-state index in [0.29, 0.717) is 12.4 Å². The van der Waals surface area contributed by atoms with Gasteiger partial charge in [0.25, 0.3) is 0 Å². The van der Waals surface area contributed by atoms with E-state index in [0.717, 1.165) is 33.2 Å². The third kappa shape index (κ3) is 4.55. The van der Waals surface area contributed by atoms with Crippen LogP contribution in [0.3, 0.4) is 0 Å². The maximum Gasteiger partial charge on any atom is 0.211 e. The Hall–Kier alpha value is -3.51. The van der Waals surface area contributed by atoms with Crippen molar-refractivity contribution >= 4 is 23.1 Å². The quantitative estimate of drug-likeness (QED) is 0.341. The van der Waals surface area contributed by atoms with Crippen molar-refractivity contribution in [1.82, 2.24) is 8.94 Å². The highest BCUT2D eigenvalue weighted by Gasteiger charge is 2.10. The molecule has 0 radical (unpaired) electrons. The first-order valence-electron chi connectivity index (χ1n) is 9.63. The number of hydrogen-bond donors (Lipinski definition) is 0. The van der Waals surface area contributed by atoms with Crippen LogP contribution in [0, 0.1) is 6.92 Å². The van der Waals surface area contributed by atoms with Gasteiger partial charge in [-0.3, -0.25) is 4.57 Å². The van der Waals surface area contributed by atoms with Crippen LogP contribution in [0.1, 0.15) is 17.0 Å². The lowest BCUT2D eigenvalue weighted by molar-refractivity contribution is 0.408. The van der Waals surface area contributed by atoms with E-state index in [2.05, 4.69) is 15.0 Å². The van der Waals surface area contributed by atoms with Crippen LogP contribution in [0.2, 0.25) is 0 Å². The fraction of sp³-hybridized carbons (Fsp3) is 0.125. The number of hydrogen-bond acceptors (Lipinski definition) is 4. The molecule has 0 bridgehead atoms. The highest BCUT2D eigenvalue weighted by Crippen LogP contribution is 2.19. The number of aryl methyl sites for hydroxylation is 1. The minimum atomic E-state index is 0.624. The van der Waals surface area contributed by atoms with Gasteiger partial charge in [-0.05, 0) is 25.1 Å². The molecule has 0 saturated carbocycles. The number of aromatic nitrogens is 2. The Kier molecular flexibility index (Phi) is 6.15. The second-order valence-electron chi connectivity index (χ2n) is 6.66. The molecule has 3 aromatic carbocycles. The Labute approximate surface area is 179 Å². The van der Waals surface area contributed by atoms with Crippen LogP contribution in [-0.4, -0.2) is 21.9 Å². The Bertz CT molecular complexity index is 1210. The van der Waals surface area contributed by atoms with Gasteiger partial charge in [-0.2, -0.15) is 9.37 Å². The van der Waals surface area contributed by atoms with Crippen LogP contribution in [-0.2, 0) is 6.54 Å². The van der Waals surface area contributed by atoms with Crippen molar-refractivity contribution in [3.05, 3.63) is 107 Å². The molecule has 1 heterocycles. The van der Waals surface area contributed by atoms with Crippen LogP contribution >= 0.6 is 11.5 Å². The van der Waals surface area contributed by atoms with E-state index in [4.69, 9.17) is 14.7 Å². The van der Waals surface area contributed by atoms with Gasteiger partial charge in [0.1, 0.15) is 11.6 Å². The van der Waals surface area contributed by atoms with Crippen LogP contribution in [0.15, 0.2) is 94.9 Å². The molecular formula is C24H22N4OS. The average Bonchev–Trinajstić information content (AvgIpc) is 3.14. The second kappa shape index (κ2) is 9.33. The SMILES string of the molecule is COc1ccccc1Cn1c(C)nsc1=NC(=Nc1ccccc1)c1ccccc1. The third-order valence-corrected chi connectivity index (χ3v) is 5.46. The summed E-state index contributed by atoms with van der Waals surface area (Å²) in [5.74, 6) is 2.40. The van der Waals surface area contributed by atoms with Gasteiger partial charge in [-0.25, -0.2) is 4.99 Å². The third-order valence-electron chi connectivity index (χ3n) is 4.63. The monoisotopic (exact) mass is 414 g/mol. The number of ether oxygens (including phenoxy) is 1. The Morgan fingerprint density at radius 1 is 0.933 bits per heavy atom. The summed E-state index contributed by atoms with van der Waals surface area (Å²) in [6, 6.07) is 27.9. The zero-order chi connectivity index (χ0) is 20.8. The first-order valence-corrected chi connectivity index (χ1v) is 10.4. The molecule has 0 aliphatic heterocycles. The number of rotatable bonds is 5. The van der Waals surface area contributed by atoms with Crippen LogP contribution < -0.4 is 9.54 Å². The van der Waals surface area contributed by atoms with Gasteiger partial charge in [0.2, 0.25) is 4.80 Å². The molecule has 0 aliphatic carbocycles. The lowest BCUT2D eigenvalue weighted by atomic mass is 10.2. The molecule has 0 N–H and O–H groups in total. The summed E-state index contributed by atoms with van der Waals surface area (Å²) in [7, 11) is 1.69. The first kappa shape index (κ1) is 19.8. The number of aliphatic imine (C=N–C) groups is 1. The molecule has 0 saturated heterocycles. The maximum atomic E-state index is 5.52. The summed E-state index contributed by atoms with van der Waals surface area (Å²) in [5.41, 5.74) is 2.89. The molecule has 4 aromatic rings. The molecule has 0 unspecified atom stereocenters. The average molecular weight is 415 g/mol. The van der Waals surface area contributed by atoms with Crippen molar-refractivity contribution in [2.24, 2.45) is 9.98 Å². The highest BCUT2D eigenvalue weighted by atomic mass is 32.1. The molecule has 0 fully saturated rings. The minimum absolute atomic E-state index is 0.624. The molecule has 4 rings (SSSR count). The summed E-state index contributed by atoms with van der Waals surface area (Å²) in [6.45, 7) is 2.61. The second-order valence-corrected chi connectivity index (χ2v) is 7.39. The van der Waals surface area contributed by atoms with E-state index in [9.17, 15) is 0 Å². The van der Waals surface area contributed by atoms with Crippen LogP contribution in [0.25, 0.3) is 0 Å². The molecule has 0 atom stereocenters. The number of amidine groups is 1. The van der Waals surface area contributed by atoms with Gasteiger partial charge < -0.3 is 4.74 Å². The van der Waals surface area contributed by atoms with Gasteiger partial charge in [0.05, 0.1) is 19.3 Å². The minimum Gasteiger partial charge on any atom is -0.496 e. The molecule has 150 valence electrons. The number of nitrogens with zero attached hydrogens (tertiary/aromatic N) is 4. The Balaban J connectivity index is 1.81. The normalized spacial score (nSPS) is 12.2. The molecule has 6 heteroatoms. The lowest BCUT2D eigenvalue weighted by Gasteiger charge is -2.10. The largest absolute Gasteiger partial charge is 0.496 e. The van der Waals surface area contributed by atoms with E-state index in [-0.39, 0.29) is 0 Å². The molecule has 5 nitrogen and oxygen atoms in total. The summed E-state index contributed by atoms with van der Waals surface area (Å²) in [6.07, 6.45) is 0. The van der Waals surface area contributed by atoms with Gasteiger partial charge in [0.15, 0.2) is 5.84 Å². The number of benzene rings is 3. The molecule has 0 aliphatic rings. The molecule has 0 amide bonds. The lowest BCUT2D eigenvalue weighted by Crippen LogP contribution is -2.19. The van der Waals surface area contributed by atoms with Crippen molar-refractivity contribution in [3.8, 4) is 5.75 Å². The molecule has 1 aromatic heterocycles. The zero-order valence-corrected chi connectivity index (χ0v) is 17.7. The van der Waals surface area contributed by atoms with E-state index in [1.807, 2.05) is 85.8 Å². The summed E-state index contributed by atoms with van der Waals surface area (Å²) >= 11 is 1.37. The fourth-order valence-electron chi connectivity index (χ4n) is 3.07. The summed E-state index contributed by atoms with van der Waals surface area (Å²) in [5, 5.41) is 0. The maximum absolute atomic E-state index is 5.52. The predicted molar refractivity (Wildman–Crippen MR) is 122 cm³/mol. The van der Waals surface area contributed by atoms with Gasteiger partial charge in [-0.1, -0.05) is 66.7 Å². The first-order chi connectivity index (χ1) is 14.7. The van der Waals surface area contributed by atoms with E-state index < -0.39 is 0 Å². The number of methoxy groups -OCH3 is 1. The Morgan fingerprint density at radius 3 is 2.33 bits per heavy atom.